The number of thiophene rings is 1. The van der Waals surface area contributed by atoms with E-state index < -0.39 is 24.3 Å². The van der Waals surface area contributed by atoms with Crippen molar-refractivity contribution in [1.82, 2.24) is 40.4 Å². The van der Waals surface area contributed by atoms with Crippen LogP contribution in [0.15, 0.2) is 48.8 Å². The molecule has 2 aliphatic heterocycles. The lowest BCUT2D eigenvalue weighted by Gasteiger charge is -2.37. The molecule has 6 atom stereocenters. The van der Waals surface area contributed by atoms with Crippen LogP contribution < -0.4 is 10.6 Å². The Hall–Kier alpha value is -5.18. The lowest BCUT2D eigenvalue weighted by molar-refractivity contribution is -0.139. The molecule has 55 heavy (non-hydrogen) atoms. The maximum absolute atomic E-state index is 13.9. The van der Waals surface area contributed by atoms with E-state index >= 15 is 0 Å². The number of hydrogen-bond donors (Lipinski definition) is 4. The van der Waals surface area contributed by atoms with Crippen LogP contribution in [0.25, 0.3) is 32.3 Å². The minimum Gasteiger partial charge on any atom is -0.453 e. The van der Waals surface area contributed by atoms with Gasteiger partial charge in [0.25, 0.3) is 0 Å². The minimum atomic E-state index is -0.688. The van der Waals surface area contributed by atoms with Crippen LogP contribution in [0.3, 0.4) is 0 Å². The molecule has 2 saturated heterocycles. The first kappa shape index (κ1) is 38.1. The van der Waals surface area contributed by atoms with E-state index in [1.54, 1.807) is 11.3 Å². The summed E-state index contributed by atoms with van der Waals surface area (Å²) in [5.41, 5.74) is 3.64. The maximum Gasteiger partial charge on any atom is 0.407 e. The molecular formula is C40H50N8O6S. The molecule has 292 valence electrons. The zero-order valence-corrected chi connectivity index (χ0v) is 32.9. The smallest absolute Gasteiger partial charge is 0.407 e. The van der Waals surface area contributed by atoms with Crippen molar-refractivity contribution in [2.45, 2.75) is 90.0 Å². The molecule has 4 aromatic rings. The number of piperidine rings is 1. The number of likely N-dealkylation sites (tertiary alicyclic amines) is 2. The first-order valence-corrected chi connectivity index (χ1v) is 19.9. The van der Waals surface area contributed by atoms with E-state index in [2.05, 4.69) is 44.9 Å². The van der Waals surface area contributed by atoms with Crippen LogP contribution in [0.4, 0.5) is 9.59 Å². The second kappa shape index (κ2) is 15.9. The van der Waals surface area contributed by atoms with E-state index in [9.17, 15) is 19.2 Å². The number of benzene rings is 1. The van der Waals surface area contributed by atoms with Gasteiger partial charge in [0.1, 0.15) is 23.7 Å². The number of hydrogen-bond acceptors (Lipinski definition) is 9. The van der Waals surface area contributed by atoms with Gasteiger partial charge in [-0.15, -0.1) is 11.3 Å². The summed E-state index contributed by atoms with van der Waals surface area (Å²) in [6.07, 6.45) is 7.11. The fourth-order valence-electron chi connectivity index (χ4n) is 8.42. The second-order valence-corrected chi connectivity index (χ2v) is 16.5. The van der Waals surface area contributed by atoms with Gasteiger partial charge in [-0.05, 0) is 67.6 Å². The highest BCUT2D eigenvalue weighted by Crippen LogP contribution is 2.50. The van der Waals surface area contributed by atoms with Crippen molar-refractivity contribution in [3.63, 3.8) is 0 Å². The summed E-state index contributed by atoms with van der Waals surface area (Å²) in [6.45, 7) is 8.25. The molecule has 5 heterocycles. The van der Waals surface area contributed by atoms with Gasteiger partial charge in [-0.3, -0.25) is 9.59 Å². The number of aromatic amines is 2. The van der Waals surface area contributed by atoms with Crippen LogP contribution in [0.5, 0.6) is 0 Å². The summed E-state index contributed by atoms with van der Waals surface area (Å²) in [5, 5.41) is 5.45. The van der Waals surface area contributed by atoms with Gasteiger partial charge in [0.2, 0.25) is 11.8 Å². The first-order valence-electron chi connectivity index (χ1n) is 19.1. The van der Waals surface area contributed by atoms with Crippen LogP contribution >= 0.6 is 11.3 Å². The second-order valence-electron chi connectivity index (χ2n) is 15.4. The Morgan fingerprint density at radius 3 is 2.04 bits per heavy atom. The number of H-pyrrole nitrogens is 2. The number of carbonyl (C=O) groups is 4. The predicted octanol–water partition coefficient (Wildman–Crippen LogP) is 6.67. The molecule has 4 amide bonds. The molecule has 4 unspecified atom stereocenters. The summed E-state index contributed by atoms with van der Waals surface area (Å²) >= 11 is 1.65. The Morgan fingerprint density at radius 2 is 1.36 bits per heavy atom. The molecule has 14 nitrogen and oxygen atoms in total. The molecular weight excluding hydrogens is 721 g/mol. The Kier molecular flexibility index (Phi) is 11.0. The van der Waals surface area contributed by atoms with E-state index in [4.69, 9.17) is 19.4 Å². The number of nitrogens with zero attached hydrogens (tertiary/aromatic N) is 4. The standard InChI is InChI=1S/C40H50N8O6S/c1-21(2)32(45-39(51)53-5)37(49)47-17-7-8-29(47)35-41-19-27(43-35)23-9-11-24(12-10-23)30-15-16-31(55-30)28-20-42-36(44-28)34-25-13-14-26(18-25)48(34)38(50)33(22(3)4)46-40(52)54-6/h9-12,15-16,19-22,25-26,29,32-34H,7-8,13-14,17-18H2,1-6H3,(H,41,43)(H,42,44)(H,45,51)(H,46,52)/t25?,26?,29?,32-,33-,34?/m0/s1. The van der Waals surface area contributed by atoms with Gasteiger partial charge < -0.3 is 39.9 Å². The number of aromatic nitrogens is 4. The summed E-state index contributed by atoms with van der Waals surface area (Å²) in [7, 11) is 2.59. The highest BCUT2D eigenvalue weighted by Gasteiger charge is 2.51. The third kappa shape index (κ3) is 7.58. The minimum absolute atomic E-state index is 0.0936. The SMILES string of the molecule is COC(=O)N[C@H](C(=O)N1CCCC1c1nc(-c2ccc(-c3ccc(-c4c[nH]c(C5C6CCC(C6)N5C(=O)[C@@H](NC(=O)OC)C(C)C)n4)s3)cc2)c[nH]1)C(C)C. The van der Waals surface area contributed by atoms with Crippen molar-refractivity contribution in [2.75, 3.05) is 20.8 Å². The maximum atomic E-state index is 13.9. The number of imidazole rings is 2. The molecule has 3 fully saturated rings. The van der Waals surface area contributed by atoms with E-state index in [-0.39, 0.29) is 41.8 Å². The third-order valence-corrected chi connectivity index (χ3v) is 12.4. The van der Waals surface area contributed by atoms with Crippen LogP contribution in [-0.2, 0) is 19.1 Å². The zero-order chi connectivity index (χ0) is 39.0. The number of rotatable bonds is 11. The van der Waals surface area contributed by atoms with Gasteiger partial charge in [-0.1, -0.05) is 52.0 Å². The molecule has 0 radical (unpaired) electrons. The van der Waals surface area contributed by atoms with Crippen molar-refractivity contribution >= 4 is 35.3 Å². The molecule has 0 spiro atoms. The van der Waals surface area contributed by atoms with Gasteiger partial charge >= 0.3 is 12.2 Å². The van der Waals surface area contributed by atoms with Crippen molar-refractivity contribution in [3.05, 3.63) is 60.4 Å². The summed E-state index contributed by atoms with van der Waals surface area (Å²) in [4.78, 5) is 74.0. The summed E-state index contributed by atoms with van der Waals surface area (Å²) < 4.78 is 9.57. The number of nitrogens with one attached hydrogen (secondary N) is 4. The van der Waals surface area contributed by atoms with Gasteiger partial charge in [0.05, 0.1) is 42.6 Å². The molecule has 3 aliphatic rings. The number of fused-ring (bicyclic) bond motifs is 2. The summed E-state index contributed by atoms with van der Waals surface area (Å²) in [6, 6.07) is 10.8. The van der Waals surface area contributed by atoms with Crippen molar-refractivity contribution in [2.24, 2.45) is 17.8 Å². The fraction of sp³-hybridized carbons (Fsp3) is 0.500. The normalized spacial score (nSPS) is 21.6. The molecule has 4 N–H and O–H groups in total. The molecule has 1 aliphatic carbocycles. The lowest BCUT2D eigenvalue weighted by atomic mass is 9.95. The molecule has 15 heteroatoms. The largest absolute Gasteiger partial charge is 0.453 e. The highest BCUT2D eigenvalue weighted by molar-refractivity contribution is 7.18. The average Bonchev–Trinajstić information content (AvgIpc) is 4.04. The van der Waals surface area contributed by atoms with Crippen LogP contribution in [0.2, 0.25) is 0 Å². The van der Waals surface area contributed by atoms with Crippen molar-refractivity contribution < 1.29 is 28.7 Å². The molecule has 1 saturated carbocycles. The third-order valence-electron chi connectivity index (χ3n) is 11.3. The fourth-order valence-corrected chi connectivity index (χ4v) is 9.39. The van der Waals surface area contributed by atoms with E-state index in [1.165, 1.54) is 14.2 Å². The van der Waals surface area contributed by atoms with Gasteiger partial charge in [-0.2, -0.15) is 0 Å². The molecule has 3 aromatic heterocycles. The van der Waals surface area contributed by atoms with Gasteiger partial charge in [0.15, 0.2) is 0 Å². The molecule has 2 bridgehead atoms. The van der Waals surface area contributed by atoms with Crippen LogP contribution in [0.1, 0.15) is 83.5 Å². The van der Waals surface area contributed by atoms with E-state index in [1.807, 2.05) is 62.0 Å². The average molecular weight is 771 g/mol. The van der Waals surface area contributed by atoms with E-state index in [0.29, 0.717) is 12.5 Å². The number of carbonyl (C=O) groups excluding carboxylic acids is 4. The Balaban J connectivity index is 1.03. The Labute approximate surface area is 324 Å². The van der Waals surface area contributed by atoms with Crippen LogP contribution in [0, 0.1) is 17.8 Å². The number of ether oxygens (including phenoxy) is 2. The first-order chi connectivity index (χ1) is 26.5. The zero-order valence-electron chi connectivity index (χ0n) is 32.1. The monoisotopic (exact) mass is 770 g/mol. The van der Waals surface area contributed by atoms with Crippen LogP contribution in [-0.4, -0.2) is 92.6 Å². The Bertz CT molecular complexity index is 2020. The predicted molar refractivity (Wildman–Crippen MR) is 208 cm³/mol. The number of methoxy groups -OCH3 is 2. The topological polar surface area (TPSA) is 175 Å². The lowest BCUT2D eigenvalue weighted by Crippen LogP contribution is -2.54. The van der Waals surface area contributed by atoms with E-state index in [0.717, 1.165) is 76.0 Å². The van der Waals surface area contributed by atoms with Gasteiger partial charge in [-0.25, -0.2) is 19.6 Å². The number of amides is 4. The highest BCUT2D eigenvalue weighted by atomic mass is 32.1. The molecule has 1 aromatic carbocycles. The van der Waals surface area contributed by atoms with Crippen molar-refractivity contribution in [1.29, 1.82) is 0 Å². The Morgan fingerprint density at radius 1 is 0.764 bits per heavy atom. The van der Waals surface area contributed by atoms with Crippen molar-refractivity contribution in [3.8, 4) is 32.3 Å². The summed E-state index contributed by atoms with van der Waals surface area (Å²) in [5.74, 6) is 1.37. The quantitative estimate of drug-likeness (QED) is 0.131. The number of alkyl carbamates (subject to hydrolysis) is 2. The molecule has 7 rings (SSSR count). The van der Waals surface area contributed by atoms with Gasteiger partial charge in [0, 0.05) is 35.4 Å².